The molecule has 0 spiro atoms. The first-order valence-electron chi connectivity index (χ1n) is 11.9. The van der Waals surface area contributed by atoms with Crippen LogP contribution in [0.1, 0.15) is 53.3 Å². The van der Waals surface area contributed by atoms with Gasteiger partial charge in [0, 0.05) is 51.9 Å². The third-order valence-electron chi connectivity index (χ3n) is 6.71. The first-order chi connectivity index (χ1) is 16.1. The van der Waals surface area contributed by atoms with Gasteiger partial charge in [0.25, 0.3) is 5.91 Å². The van der Waals surface area contributed by atoms with Crippen LogP contribution in [0.4, 0.5) is 17.3 Å². The average molecular weight is 465 g/mol. The predicted molar refractivity (Wildman–Crippen MR) is 136 cm³/mol. The predicted octanol–water partition coefficient (Wildman–Crippen LogP) is 4.59. The molecule has 174 valence electrons. The van der Waals surface area contributed by atoms with E-state index in [1.165, 1.54) is 24.8 Å². The number of fused-ring (bicyclic) bond motifs is 1. The summed E-state index contributed by atoms with van der Waals surface area (Å²) in [6.45, 7) is 4.02. The Balaban J connectivity index is 1.44. The van der Waals surface area contributed by atoms with Gasteiger partial charge in [0.2, 0.25) is 0 Å². The smallest absolute Gasteiger partial charge is 0.263 e. The van der Waals surface area contributed by atoms with Crippen molar-refractivity contribution in [2.24, 2.45) is 0 Å². The molecule has 8 heteroatoms. The number of hydrogen-bond acceptors (Lipinski definition) is 7. The van der Waals surface area contributed by atoms with Gasteiger partial charge in [-0.3, -0.25) is 4.79 Å². The van der Waals surface area contributed by atoms with Crippen LogP contribution in [0.5, 0.6) is 0 Å². The minimum absolute atomic E-state index is 0.0939. The highest BCUT2D eigenvalue weighted by molar-refractivity contribution is 7.21. The summed E-state index contributed by atoms with van der Waals surface area (Å²) in [5, 5.41) is 7.91. The van der Waals surface area contributed by atoms with E-state index in [1.807, 2.05) is 32.6 Å². The number of aromatic nitrogens is 2. The van der Waals surface area contributed by atoms with Crippen molar-refractivity contribution in [3.63, 3.8) is 0 Å². The third-order valence-corrected chi connectivity index (χ3v) is 7.86. The second-order valence-electron chi connectivity index (χ2n) is 9.21. The Bertz CT molecular complexity index is 1110. The van der Waals surface area contributed by atoms with Crippen LogP contribution in [-0.2, 0) is 0 Å². The Kier molecular flexibility index (Phi) is 6.46. The zero-order valence-corrected chi connectivity index (χ0v) is 20.2. The summed E-state index contributed by atoms with van der Waals surface area (Å²) in [5.74, 6) is 2.08. The highest BCUT2D eigenvalue weighted by atomic mass is 32.1. The monoisotopic (exact) mass is 464 g/mol. The first-order valence-corrected chi connectivity index (χ1v) is 12.7. The molecule has 0 atom stereocenters. The molecule has 2 fully saturated rings. The maximum absolute atomic E-state index is 13.0. The van der Waals surface area contributed by atoms with E-state index in [1.54, 1.807) is 16.2 Å². The van der Waals surface area contributed by atoms with Crippen molar-refractivity contribution in [1.29, 1.82) is 0 Å². The Labute approximate surface area is 199 Å². The number of hydrogen-bond donors (Lipinski definition) is 2. The van der Waals surface area contributed by atoms with Crippen molar-refractivity contribution in [2.75, 3.05) is 50.5 Å². The zero-order valence-electron chi connectivity index (χ0n) is 19.4. The Morgan fingerprint density at radius 3 is 2.55 bits per heavy atom. The Morgan fingerprint density at radius 2 is 1.85 bits per heavy atom. The highest BCUT2D eigenvalue weighted by Crippen LogP contribution is 2.43. The van der Waals surface area contributed by atoms with Crippen LogP contribution in [0, 0.1) is 0 Å². The van der Waals surface area contributed by atoms with Gasteiger partial charge in [-0.05, 0) is 42.5 Å². The normalized spacial score (nSPS) is 17.3. The second kappa shape index (κ2) is 9.65. The molecule has 0 radical (unpaired) electrons. The van der Waals surface area contributed by atoms with E-state index < -0.39 is 0 Å². The maximum atomic E-state index is 13.0. The second-order valence-corrected chi connectivity index (χ2v) is 10.3. The number of thiophene rings is 1. The highest BCUT2D eigenvalue weighted by Gasteiger charge is 2.27. The molecule has 4 heterocycles. The molecule has 2 aliphatic rings. The van der Waals surface area contributed by atoms with Crippen molar-refractivity contribution in [1.82, 2.24) is 20.2 Å². The molecule has 5 rings (SSSR count). The summed E-state index contributed by atoms with van der Waals surface area (Å²) in [7, 11) is 3.66. The molecule has 2 N–H and O–H groups in total. The molecule has 3 aromatic heterocycles. The number of piperazine rings is 1. The molecule has 1 saturated heterocycles. The molecular weight excluding hydrogens is 432 g/mol. The topological polar surface area (TPSA) is 73.4 Å². The van der Waals surface area contributed by atoms with Gasteiger partial charge in [0.15, 0.2) is 0 Å². The molecule has 33 heavy (non-hydrogen) atoms. The molecule has 1 aliphatic heterocycles. The fourth-order valence-electron chi connectivity index (χ4n) is 4.95. The van der Waals surface area contributed by atoms with Crippen LogP contribution < -0.4 is 15.5 Å². The van der Waals surface area contributed by atoms with Gasteiger partial charge in [-0.2, -0.15) is 0 Å². The SMILES string of the molecule is CN(C)C(=O)c1sc2cnc(Nc3ccc(N4CCNCC4)cn3)cc2c1C1CCCCC1. The van der Waals surface area contributed by atoms with E-state index in [0.717, 1.165) is 71.3 Å². The molecule has 0 aromatic carbocycles. The first kappa shape index (κ1) is 22.1. The average Bonchev–Trinajstić information content (AvgIpc) is 3.24. The van der Waals surface area contributed by atoms with E-state index in [0.29, 0.717) is 5.92 Å². The van der Waals surface area contributed by atoms with E-state index in [2.05, 4.69) is 37.6 Å². The quantitative estimate of drug-likeness (QED) is 0.575. The van der Waals surface area contributed by atoms with Crippen LogP contribution in [0.2, 0.25) is 0 Å². The van der Waals surface area contributed by atoms with Crippen LogP contribution in [-0.4, -0.2) is 61.0 Å². The zero-order chi connectivity index (χ0) is 22.8. The van der Waals surface area contributed by atoms with E-state index in [4.69, 9.17) is 0 Å². The number of carbonyl (C=O) groups excluding carboxylic acids is 1. The fourth-order valence-corrected chi connectivity index (χ4v) is 6.21. The lowest BCUT2D eigenvalue weighted by Gasteiger charge is -2.29. The summed E-state index contributed by atoms with van der Waals surface area (Å²) in [5.41, 5.74) is 2.37. The van der Waals surface area contributed by atoms with Crippen molar-refractivity contribution >= 4 is 44.7 Å². The number of carbonyl (C=O) groups is 1. The minimum Gasteiger partial charge on any atom is -0.368 e. The summed E-state index contributed by atoms with van der Waals surface area (Å²) in [6.07, 6.45) is 9.89. The molecule has 0 unspecified atom stereocenters. The van der Waals surface area contributed by atoms with Gasteiger partial charge in [-0.15, -0.1) is 11.3 Å². The third kappa shape index (κ3) is 4.68. The fraction of sp³-hybridized carbons (Fsp3) is 0.480. The van der Waals surface area contributed by atoms with Gasteiger partial charge in [-0.1, -0.05) is 19.3 Å². The van der Waals surface area contributed by atoms with Crippen molar-refractivity contribution < 1.29 is 4.79 Å². The lowest BCUT2D eigenvalue weighted by molar-refractivity contribution is 0.0830. The van der Waals surface area contributed by atoms with Crippen molar-refractivity contribution in [3.05, 3.63) is 41.0 Å². The number of rotatable bonds is 5. The number of nitrogens with zero attached hydrogens (tertiary/aromatic N) is 4. The molecule has 3 aromatic rings. The molecule has 1 amide bonds. The maximum Gasteiger partial charge on any atom is 0.263 e. The van der Waals surface area contributed by atoms with Crippen LogP contribution in [0.25, 0.3) is 10.1 Å². The van der Waals surface area contributed by atoms with Gasteiger partial charge >= 0.3 is 0 Å². The Morgan fingerprint density at radius 1 is 1.09 bits per heavy atom. The standard InChI is InChI=1S/C25H32N6OS/c1-30(2)25(32)24-23(17-6-4-3-5-7-17)19-14-22(28-16-20(19)33-24)29-21-9-8-18(15-27-21)31-12-10-26-11-13-31/h8-9,14-17,26H,3-7,10-13H2,1-2H3,(H,27,28,29). The summed E-state index contributed by atoms with van der Waals surface area (Å²) in [4.78, 5) is 27.2. The largest absolute Gasteiger partial charge is 0.368 e. The molecule has 1 aliphatic carbocycles. The minimum atomic E-state index is 0.0939. The number of anilines is 3. The number of nitrogens with one attached hydrogen (secondary N) is 2. The van der Waals surface area contributed by atoms with Gasteiger partial charge in [-0.25, -0.2) is 9.97 Å². The van der Waals surface area contributed by atoms with Gasteiger partial charge in [0.1, 0.15) is 11.6 Å². The van der Waals surface area contributed by atoms with Crippen molar-refractivity contribution in [3.8, 4) is 0 Å². The van der Waals surface area contributed by atoms with Crippen molar-refractivity contribution in [2.45, 2.75) is 38.0 Å². The van der Waals surface area contributed by atoms with Crippen LogP contribution >= 0.6 is 11.3 Å². The van der Waals surface area contributed by atoms with E-state index >= 15 is 0 Å². The lowest BCUT2D eigenvalue weighted by Crippen LogP contribution is -2.43. The number of pyridine rings is 2. The Hall–Kier alpha value is -2.71. The lowest BCUT2D eigenvalue weighted by atomic mass is 9.83. The van der Waals surface area contributed by atoms with Gasteiger partial charge < -0.3 is 20.4 Å². The van der Waals surface area contributed by atoms with Crippen LogP contribution in [0.3, 0.4) is 0 Å². The van der Waals surface area contributed by atoms with E-state index in [9.17, 15) is 4.79 Å². The summed E-state index contributed by atoms with van der Waals surface area (Å²) < 4.78 is 1.08. The molecule has 1 saturated carbocycles. The van der Waals surface area contributed by atoms with Gasteiger partial charge in [0.05, 0.1) is 21.5 Å². The van der Waals surface area contributed by atoms with E-state index in [-0.39, 0.29) is 5.91 Å². The summed E-state index contributed by atoms with van der Waals surface area (Å²) in [6, 6.07) is 6.24. The number of amides is 1. The molecular formula is C25H32N6OS. The summed E-state index contributed by atoms with van der Waals surface area (Å²) >= 11 is 1.58. The van der Waals surface area contributed by atoms with Crippen LogP contribution in [0.15, 0.2) is 30.6 Å². The molecule has 0 bridgehead atoms. The molecule has 7 nitrogen and oxygen atoms in total.